The number of hydrogen-bond acceptors (Lipinski definition) is 3. The molecular formula is C14H14BrNO4. The number of carboxylic acid groups (broad SMARTS) is 1. The third kappa shape index (κ3) is 2.24. The van der Waals surface area contributed by atoms with Crippen LogP contribution in [0.4, 0.5) is 0 Å². The number of carbonyl (C=O) groups excluding carboxylic acids is 2. The summed E-state index contributed by atoms with van der Waals surface area (Å²) in [6.07, 6.45) is 0. The van der Waals surface area contributed by atoms with Crippen LogP contribution in [0, 0.1) is 5.41 Å². The van der Waals surface area contributed by atoms with Crippen LogP contribution >= 0.6 is 15.9 Å². The predicted molar refractivity (Wildman–Crippen MR) is 75.5 cm³/mol. The summed E-state index contributed by atoms with van der Waals surface area (Å²) < 4.78 is 0.668. The van der Waals surface area contributed by atoms with E-state index in [1.807, 2.05) is 0 Å². The van der Waals surface area contributed by atoms with Gasteiger partial charge in [0.25, 0.3) is 11.8 Å². The fourth-order valence-electron chi connectivity index (χ4n) is 2.33. The van der Waals surface area contributed by atoms with Gasteiger partial charge in [0.1, 0.15) is 6.04 Å². The van der Waals surface area contributed by atoms with Crippen molar-refractivity contribution >= 4 is 33.7 Å². The van der Waals surface area contributed by atoms with E-state index in [0.717, 1.165) is 4.90 Å². The SMILES string of the molecule is CC(C)(C)C(C(=O)O)N1C(=O)c2ccc(Br)cc2C1=O. The van der Waals surface area contributed by atoms with E-state index in [9.17, 15) is 19.5 Å². The van der Waals surface area contributed by atoms with Gasteiger partial charge in [-0.15, -0.1) is 0 Å². The van der Waals surface area contributed by atoms with E-state index in [2.05, 4.69) is 15.9 Å². The van der Waals surface area contributed by atoms with E-state index < -0.39 is 29.2 Å². The van der Waals surface area contributed by atoms with Crippen LogP contribution in [0.2, 0.25) is 0 Å². The third-order valence-corrected chi connectivity index (χ3v) is 3.69. The van der Waals surface area contributed by atoms with Gasteiger partial charge in [-0.1, -0.05) is 36.7 Å². The minimum absolute atomic E-state index is 0.236. The van der Waals surface area contributed by atoms with Gasteiger partial charge < -0.3 is 5.11 Å². The van der Waals surface area contributed by atoms with Gasteiger partial charge in [0.2, 0.25) is 0 Å². The quantitative estimate of drug-likeness (QED) is 0.840. The molecule has 2 rings (SSSR count). The molecule has 1 unspecified atom stereocenters. The Hall–Kier alpha value is -1.69. The normalized spacial score (nSPS) is 16.3. The first-order chi connectivity index (χ1) is 9.14. The van der Waals surface area contributed by atoms with Crippen molar-refractivity contribution in [2.45, 2.75) is 26.8 Å². The molecule has 0 saturated heterocycles. The molecule has 0 radical (unpaired) electrons. The minimum atomic E-state index is -1.20. The fraction of sp³-hybridized carbons (Fsp3) is 0.357. The van der Waals surface area contributed by atoms with Crippen molar-refractivity contribution < 1.29 is 19.5 Å². The van der Waals surface area contributed by atoms with Crippen LogP contribution in [-0.4, -0.2) is 33.8 Å². The second kappa shape index (κ2) is 4.70. The summed E-state index contributed by atoms with van der Waals surface area (Å²) in [5, 5.41) is 9.38. The maximum absolute atomic E-state index is 12.4. The Bertz CT molecular complexity index is 618. The summed E-state index contributed by atoms with van der Waals surface area (Å²) in [5.41, 5.74) is -0.273. The molecule has 6 heteroatoms. The lowest BCUT2D eigenvalue weighted by Gasteiger charge is -2.33. The summed E-state index contributed by atoms with van der Waals surface area (Å²) in [7, 11) is 0. The second-order valence-corrected chi connectivity index (χ2v) is 6.69. The van der Waals surface area contributed by atoms with Crippen LogP contribution < -0.4 is 0 Å². The van der Waals surface area contributed by atoms with Gasteiger partial charge in [-0.2, -0.15) is 0 Å². The van der Waals surface area contributed by atoms with E-state index in [0.29, 0.717) is 4.47 Å². The van der Waals surface area contributed by atoms with E-state index in [-0.39, 0.29) is 11.1 Å². The highest BCUT2D eigenvalue weighted by atomic mass is 79.9. The molecule has 106 valence electrons. The number of fused-ring (bicyclic) bond motifs is 1. The van der Waals surface area contributed by atoms with Gasteiger partial charge in [-0.25, -0.2) is 4.79 Å². The van der Waals surface area contributed by atoms with Crippen LogP contribution in [0.15, 0.2) is 22.7 Å². The van der Waals surface area contributed by atoms with E-state index in [1.165, 1.54) is 12.1 Å². The van der Waals surface area contributed by atoms with Crippen molar-refractivity contribution in [1.82, 2.24) is 4.90 Å². The van der Waals surface area contributed by atoms with Crippen molar-refractivity contribution in [2.24, 2.45) is 5.41 Å². The molecule has 1 aliphatic rings. The molecule has 1 heterocycles. The molecule has 0 aliphatic carbocycles. The molecule has 0 aromatic heterocycles. The number of carbonyl (C=O) groups is 3. The first-order valence-corrected chi connectivity index (χ1v) is 6.84. The summed E-state index contributed by atoms with van der Waals surface area (Å²) in [6, 6.07) is 3.52. The number of carboxylic acids is 1. The first-order valence-electron chi connectivity index (χ1n) is 6.05. The number of hydrogen-bond donors (Lipinski definition) is 1. The summed E-state index contributed by atoms with van der Waals surface area (Å²) in [4.78, 5) is 37.0. The number of benzene rings is 1. The maximum atomic E-state index is 12.4. The monoisotopic (exact) mass is 339 g/mol. The van der Waals surface area contributed by atoms with Crippen molar-refractivity contribution in [2.75, 3.05) is 0 Å². The fourth-order valence-corrected chi connectivity index (χ4v) is 2.70. The Morgan fingerprint density at radius 3 is 2.25 bits per heavy atom. The summed E-state index contributed by atoms with van der Waals surface area (Å²) >= 11 is 3.24. The molecule has 0 fully saturated rings. The first kappa shape index (κ1) is 14.7. The molecule has 0 saturated carbocycles. The molecule has 1 aromatic rings. The Morgan fingerprint density at radius 2 is 1.75 bits per heavy atom. The maximum Gasteiger partial charge on any atom is 0.327 e. The number of amides is 2. The Labute approximate surface area is 124 Å². The zero-order valence-corrected chi connectivity index (χ0v) is 12.9. The van der Waals surface area contributed by atoms with E-state index in [4.69, 9.17) is 0 Å². The Morgan fingerprint density at radius 1 is 1.20 bits per heavy atom. The van der Waals surface area contributed by atoms with Crippen LogP contribution in [0.25, 0.3) is 0 Å². The van der Waals surface area contributed by atoms with Crippen molar-refractivity contribution in [3.05, 3.63) is 33.8 Å². The standard InChI is InChI=1S/C14H14BrNO4/c1-14(2,3)10(13(19)20)16-11(17)8-5-4-7(15)6-9(8)12(16)18/h4-6,10H,1-3H3,(H,19,20). The van der Waals surface area contributed by atoms with Crippen molar-refractivity contribution in [3.8, 4) is 0 Å². The van der Waals surface area contributed by atoms with Gasteiger partial charge in [0, 0.05) is 4.47 Å². The largest absolute Gasteiger partial charge is 0.480 e. The molecular weight excluding hydrogens is 326 g/mol. The van der Waals surface area contributed by atoms with Gasteiger partial charge in [-0.05, 0) is 23.6 Å². The number of imide groups is 1. The van der Waals surface area contributed by atoms with Crippen LogP contribution in [0.3, 0.4) is 0 Å². The predicted octanol–water partition coefficient (Wildman–Crippen LogP) is 2.54. The van der Waals surface area contributed by atoms with Gasteiger partial charge in [0.05, 0.1) is 11.1 Å². The summed E-state index contributed by atoms with van der Waals surface area (Å²) in [5.74, 6) is -2.31. The minimum Gasteiger partial charge on any atom is -0.480 e. The zero-order valence-electron chi connectivity index (χ0n) is 11.3. The molecule has 1 atom stereocenters. The number of rotatable bonds is 2. The zero-order chi connectivity index (χ0) is 15.2. The summed E-state index contributed by atoms with van der Waals surface area (Å²) in [6.45, 7) is 5.06. The third-order valence-electron chi connectivity index (χ3n) is 3.19. The highest BCUT2D eigenvalue weighted by molar-refractivity contribution is 9.10. The Balaban J connectivity index is 2.54. The van der Waals surface area contributed by atoms with Gasteiger partial charge >= 0.3 is 5.97 Å². The molecule has 20 heavy (non-hydrogen) atoms. The van der Waals surface area contributed by atoms with Crippen LogP contribution in [-0.2, 0) is 4.79 Å². The number of halogens is 1. The molecule has 1 aliphatic heterocycles. The second-order valence-electron chi connectivity index (χ2n) is 5.78. The highest BCUT2D eigenvalue weighted by Crippen LogP contribution is 2.33. The number of aliphatic carboxylic acids is 1. The van der Waals surface area contributed by atoms with Crippen LogP contribution in [0.5, 0.6) is 0 Å². The highest BCUT2D eigenvalue weighted by Gasteiger charge is 2.47. The number of nitrogens with zero attached hydrogens (tertiary/aromatic N) is 1. The molecule has 0 spiro atoms. The van der Waals surface area contributed by atoms with Crippen molar-refractivity contribution in [3.63, 3.8) is 0 Å². The lowest BCUT2D eigenvalue weighted by Crippen LogP contribution is -2.51. The topological polar surface area (TPSA) is 74.7 Å². The molecule has 1 aromatic carbocycles. The lowest BCUT2D eigenvalue weighted by atomic mass is 9.85. The average molecular weight is 340 g/mol. The van der Waals surface area contributed by atoms with Crippen LogP contribution in [0.1, 0.15) is 41.5 Å². The molecule has 2 amide bonds. The van der Waals surface area contributed by atoms with Gasteiger partial charge in [0.15, 0.2) is 0 Å². The lowest BCUT2D eigenvalue weighted by molar-refractivity contribution is -0.145. The van der Waals surface area contributed by atoms with E-state index >= 15 is 0 Å². The molecule has 0 bridgehead atoms. The smallest absolute Gasteiger partial charge is 0.327 e. The molecule has 1 N–H and O–H groups in total. The van der Waals surface area contributed by atoms with E-state index in [1.54, 1.807) is 26.8 Å². The Kier molecular flexibility index (Phi) is 3.46. The average Bonchev–Trinajstić information content (AvgIpc) is 2.52. The van der Waals surface area contributed by atoms with Gasteiger partial charge in [-0.3, -0.25) is 14.5 Å². The molecule has 5 nitrogen and oxygen atoms in total. The van der Waals surface area contributed by atoms with Crippen molar-refractivity contribution in [1.29, 1.82) is 0 Å².